The number of piperazine rings is 1. The highest BCUT2D eigenvalue weighted by Gasteiger charge is 2.44. The molecule has 4 aliphatic rings. The van der Waals surface area contributed by atoms with Crippen molar-refractivity contribution < 1.29 is 29.3 Å². The molecule has 36 heavy (non-hydrogen) atoms. The van der Waals surface area contributed by atoms with E-state index < -0.39 is 12.2 Å². The summed E-state index contributed by atoms with van der Waals surface area (Å²) >= 11 is 0. The maximum Gasteiger partial charge on any atom is 0.338 e. The molecule has 2 saturated heterocycles. The molecule has 4 heterocycles. The Labute approximate surface area is 210 Å². The fraction of sp³-hybridized carbons (Fsp3) is 0.500. The zero-order valence-electron chi connectivity index (χ0n) is 20.6. The Morgan fingerprint density at radius 3 is 2.39 bits per heavy atom. The van der Waals surface area contributed by atoms with Gasteiger partial charge in [-0.2, -0.15) is 0 Å². The van der Waals surface area contributed by atoms with E-state index in [4.69, 9.17) is 9.47 Å². The molecule has 8 heteroatoms. The molecule has 2 fully saturated rings. The van der Waals surface area contributed by atoms with Crippen molar-refractivity contribution in [3.8, 4) is 0 Å². The van der Waals surface area contributed by atoms with Crippen molar-refractivity contribution in [3.05, 3.63) is 69.3 Å². The molecular weight excluding hydrogens is 460 g/mol. The van der Waals surface area contributed by atoms with E-state index in [0.29, 0.717) is 42.7 Å². The summed E-state index contributed by atoms with van der Waals surface area (Å²) in [6.45, 7) is 6.92. The van der Waals surface area contributed by atoms with Gasteiger partial charge < -0.3 is 19.7 Å². The molecule has 2 N–H and O–H groups in total. The van der Waals surface area contributed by atoms with Crippen LogP contribution in [0.3, 0.4) is 0 Å². The summed E-state index contributed by atoms with van der Waals surface area (Å²) in [6, 6.07) is 9.85. The van der Waals surface area contributed by atoms with E-state index in [-0.39, 0.29) is 24.6 Å². The molecule has 2 bridgehead atoms. The first-order valence-electron chi connectivity index (χ1n) is 12.8. The van der Waals surface area contributed by atoms with Crippen LogP contribution in [0.25, 0.3) is 0 Å². The number of carbonyl (C=O) groups is 2. The van der Waals surface area contributed by atoms with Crippen molar-refractivity contribution in [3.63, 3.8) is 0 Å². The molecule has 8 nitrogen and oxygen atoms in total. The Morgan fingerprint density at radius 1 is 0.972 bits per heavy atom. The first-order valence-corrected chi connectivity index (χ1v) is 12.8. The predicted octanol–water partition coefficient (Wildman–Crippen LogP) is 2.29. The summed E-state index contributed by atoms with van der Waals surface area (Å²) in [4.78, 5) is 28.6. The minimum absolute atomic E-state index is 0.149. The lowest BCUT2D eigenvalue weighted by Crippen LogP contribution is -2.48. The van der Waals surface area contributed by atoms with Crippen molar-refractivity contribution in [1.29, 1.82) is 0 Å². The molecule has 0 aromatic heterocycles. The zero-order valence-corrected chi connectivity index (χ0v) is 20.6. The lowest BCUT2D eigenvalue weighted by Gasteiger charge is -2.36. The van der Waals surface area contributed by atoms with Crippen molar-refractivity contribution >= 4 is 11.9 Å². The van der Waals surface area contributed by atoms with Crippen LogP contribution in [0.2, 0.25) is 0 Å². The van der Waals surface area contributed by atoms with Crippen molar-refractivity contribution in [2.24, 2.45) is 0 Å². The number of aliphatic hydroxyl groups is 2. The maximum atomic E-state index is 12.1. The van der Waals surface area contributed by atoms with E-state index in [2.05, 4.69) is 9.80 Å². The first-order chi connectivity index (χ1) is 17.3. The highest BCUT2D eigenvalue weighted by molar-refractivity contribution is 5.94. The quantitative estimate of drug-likeness (QED) is 0.593. The second kappa shape index (κ2) is 8.95. The van der Waals surface area contributed by atoms with Gasteiger partial charge in [-0.1, -0.05) is 18.2 Å². The Bertz CT molecular complexity index is 1230. The highest BCUT2D eigenvalue weighted by atomic mass is 16.5. The van der Waals surface area contributed by atoms with Crippen LogP contribution in [-0.4, -0.2) is 76.3 Å². The number of esters is 2. The van der Waals surface area contributed by atoms with Gasteiger partial charge in [-0.25, -0.2) is 9.59 Å². The van der Waals surface area contributed by atoms with Gasteiger partial charge in [0, 0.05) is 50.2 Å². The van der Waals surface area contributed by atoms with Gasteiger partial charge in [0.05, 0.1) is 23.3 Å². The van der Waals surface area contributed by atoms with Crippen LogP contribution < -0.4 is 0 Å². The van der Waals surface area contributed by atoms with Gasteiger partial charge in [0.1, 0.15) is 12.7 Å². The van der Waals surface area contributed by atoms with Gasteiger partial charge in [-0.3, -0.25) is 9.80 Å². The average Bonchev–Trinajstić information content (AvgIpc) is 3.53. The monoisotopic (exact) mass is 492 g/mol. The fourth-order valence-corrected chi connectivity index (χ4v) is 6.44. The SMILES string of the molecule is Cc1c(C(O)CN2CC3CC2CN3CC(O)c2ccc3c(c2)CC(C)OC3=O)ccc2c1COC2=O. The highest BCUT2D eigenvalue weighted by Crippen LogP contribution is 2.35. The van der Waals surface area contributed by atoms with E-state index in [1.54, 1.807) is 12.1 Å². The van der Waals surface area contributed by atoms with Gasteiger partial charge in [0.25, 0.3) is 0 Å². The van der Waals surface area contributed by atoms with E-state index in [0.717, 1.165) is 47.3 Å². The number of carbonyl (C=O) groups excluding carboxylic acids is 2. The summed E-state index contributed by atoms with van der Waals surface area (Å²) in [7, 11) is 0. The second-order valence-corrected chi connectivity index (χ2v) is 10.7. The van der Waals surface area contributed by atoms with Crippen LogP contribution >= 0.6 is 0 Å². The van der Waals surface area contributed by atoms with Gasteiger partial charge in [0.15, 0.2) is 0 Å². The number of hydrogen-bond acceptors (Lipinski definition) is 8. The summed E-state index contributed by atoms with van der Waals surface area (Å²) in [5.74, 6) is -0.582. The average molecular weight is 493 g/mol. The van der Waals surface area contributed by atoms with Gasteiger partial charge in [-0.05, 0) is 54.7 Å². The van der Waals surface area contributed by atoms with E-state index >= 15 is 0 Å². The number of rotatable bonds is 6. The largest absolute Gasteiger partial charge is 0.459 e. The number of aliphatic hydroxyl groups excluding tert-OH is 2. The lowest BCUT2D eigenvalue weighted by molar-refractivity contribution is 0.0299. The van der Waals surface area contributed by atoms with Gasteiger partial charge in [0.2, 0.25) is 0 Å². The van der Waals surface area contributed by atoms with Crippen molar-refractivity contribution in [1.82, 2.24) is 9.80 Å². The number of hydrogen-bond donors (Lipinski definition) is 2. The smallest absolute Gasteiger partial charge is 0.338 e. The number of cyclic esters (lactones) is 2. The minimum Gasteiger partial charge on any atom is -0.459 e. The molecule has 2 aromatic rings. The van der Waals surface area contributed by atoms with E-state index in [1.165, 1.54) is 0 Å². The van der Waals surface area contributed by atoms with Crippen molar-refractivity contribution in [2.45, 2.75) is 63.7 Å². The molecule has 0 radical (unpaired) electrons. The third-order valence-electron chi connectivity index (χ3n) is 8.40. The normalized spacial score (nSPS) is 26.9. The Kier molecular flexibility index (Phi) is 5.87. The molecule has 0 aliphatic carbocycles. The van der Waals surface area contributed by atoms with Crippen molar-refractivity contribution in [2.75, 3.05) is 26.2 Å². The lowest BCUT2D eigenvalue weighted by atomic mass is 9.95. The number of nitrogens with zero attached hydrogens (tertiary/aromatic N) is 2. The van der Waals surface area contributed by atoms with Crippen LogP contribution in [0.5, 0.6) is 0 Å². The summed E-state index contributed by atoms with van der Waals surface area (Å²) < 4.78 is 10.4. The molecule has 4 aliphatic heterocycles. The van der Waals surface area contributed by atoms with Crippen LogP contribution in [0.15, 0.2) is 30.3 Å². The van der Waals surface area contributed by atoms with E-state index in [1.807, 2.05) is 32.0 Å². The summed E-state index contributed by atoms with van der Waals surface area (Å²) in [5, 5.41) is 22.0. The first kappa shape index (κ1) is 23.6. The Hall–Kier alpha value is -2.78. The molecule has 5 unspecified atom stereocenters. The minimum atomic E-state index is -0.631. The molecule has 0 spiro atoms. The summed E-state index contributed by atoms with van der Waals surface area (Å²) in [6.07, 6.45) is 0.290. The Morgan fingerprint density at radius 2 is 1.67 bits per heavy atom. The summed E-state index contributed by atoms with van der Waals surface area (Å²) in [5.41, 5.74) is 5.65. The molecule has 2 aromatic carbocycles. The van der Waals surface area contributed by atoms with Crippen LogP contribution in [-0.2, 0) is 22.5 Å². The maximum absolute atomic E-state index is 12.1. The van der Waals surface area contributed by atoms with Crippen LogP contribution in [0.4, 0.5) is 0 Å². The third kappa shape index (κ3) is 4.02. The molecule has 0 saturated carbocycles. The van der Waals surface area contributed by atoms with Crippen LogP contribution in [0, 0.1) is 6.92 Å². The van der Waals surface area contributed by atoms with E-state index in [9.17, 15) is 19.8 Å². The number of ether oxygens (including phenoxy) is 2. The molecule has 190 valence electrons. The fourth-order valence-electron chi connectivity index (χ4n) is 6.44. The molecular formula is C28H32N2O6. The molecule has 5 atom stereocenters. The molecule has 0 amide bonds. The molecule has 6 rings (SSSR count). The number of β-amino-alcohol motifs (C(OH)–C–C–N with tert-alkyl or cyclic N) is 2. The predicted molar refractivity (Wildman–Crippen MR) is 131 cm³/mol. The van der Waals surface area contributed by atoms with Crippen LogP contribution in [0.1, 0.15) is 74.1 Å². The topological polar surface area (TPSA) is 99.5 Å². The van der Waals surface area contributed by atoms with Gasteiger partial charge >= 0.3 is 11.9 Å². The number of likely N-dealkylation sites (tertiary alicyclic amines) is 2. The second-order valence-electron chi connectivity index (χ2n) is 10.7. The standard InChI is InChI=1S/C28H32N2O6/c1-15-7-18-8-17(3-4-22(18)28(34)36-15)25(31)12-29-10-20-9-19(29)11-30(20)13-26(32)21-5-6-23-24(16(21)2)14-35-27(23)33/h3-6,8,15,19-20,25-26,31-32H,7,9-14H2,1-2H3. The number of benzene rings is 2. The van der Waals surface area contributed by atoms with Gasteiger partial charge in [-0.15, -0.1) is 0 Å². The zero-order chi connectivity index (χ0) is 25.1. The third-order valence-corrected chi connectivity index (χ3v) is 8.40. The number of fused-ring (bicyclic) bond motifs is 4. The Balaban J connectivity index is 1.07.